The molecule has 0 atom stereocenters. The van der Waals surface area contributed by atoms with Gasteiger partial charge in [-0.25, -0.2) is 0 Å². The fourth-order valence-corrected chi connectivity index (χ4v) is 1.61. The summed E-state index contributed by atoms with van der Waals surface area (Å²) in [6.45, 7) is 7.08. The van der Waals surface area contributed by atoms with Gasteiger partial charge in [-0.3, -0.25) is 10.1 Å². The normalized spacial score (nSPS) is 11.3. The number of benzene rings is 1. The molecule has 0 aliphatic rings. The summed E-state index contributed by atoms with van der Waals surface area (Å²) in [5.74, 6) is 0. The van der Waals surface area contributed by atoms with Crippen LogP contribution in [0.5, 0.6) is 0 Å². The zero-order valence-electron chi connectivity index (χ0n) is 10.3. The lowest BCUT2D eigenvalue weighted by Crippen LogP contribution is -2.22. The number of halogens is 1. The third-order valence-electron chi connectivity index (χ3n) is 2.87. The van der Waals surface area contributed by atoms with Crippen molar-refractivity contribution in [2.24, 2.45) is 5.41 Å². The number of nitrogens with zero attached hydrogens (tertiary/aromatic N) is 1. The molecular weight excluding hydrogens is 284 g/mol. The summed E-state index contributed by atoms with van der Waals surface area (Å²) in [7, 11) is 0. The molecule has 0 bridgehead atoms. The number of nitro benzene ring substituents is 1. The summed E-state index contributed by atoms with van der Waals surface area (Å²) in [5.41, 5.74) is 0.798. The highest BCUT2D eigenvalue weighted by Gasteiger charge is 2.18. The fourth-order valence-electron chi connectivity index (χ4n) is 1.26. The van der Waals surface area contributed by atoms with Crippen molar-refractivity contribution in [1.29, 1.82) is 0 Å². The molecule has 94 valence electrons. The number of hydrogen-bond donors (Lipinski definition) is 1. The van der Waals surface area contributed by atoms with Crippen LogP contribution < -0.4 is 5.32 Å². The Balaban J connectivity index is 2.88. The molecule has 0 saturated carbocycles. The molecule has 1 N–H and O–H groups in total. The average Bonchev–Trinajstić information content (AvgIpc) is 2.27. The Hall–Kier alpha value is -1.10. The van der Waals surface area contributed by atoms with E-state index in [0.29, 0.717) is 16.7 Å². The van der Waals surface area contributed by atoms with E-state index in [-0.39, 0.29) is 16.0 Å². The van der Waals surface area contributed by atoms with Crippen LogP contribution in [0.2, 0.25) is 0 Å². The molecule has 0 aromatic heterocycles. The molecule has 0 aliphatic carbocycles. The van der Waals surface area contributed by atoms with Crippen molar-refractivity contribution in [1.82, 2.24) is 0 Å². The van der Waals surface area contributed by atoms with Crippen LogP contribution in [-0.2, 0) is 0 Å². The highest BCUT2D eigenvalue weighted by molar-refractivity contribution is 9.10. The van der Waals surface area contributed by atoms with Gasteiger partial charge < -0.3 is 5.32 Å². The average molecular weight is 301 g/mol. The highest BCUT2D eigenvalue weighted by atomic mass is 79.9. The molecule has 17 heavy (non-hydrogen) atoms. The van der Waals surface area contributed by atoms with Gasteiger partial charge >= 0.3 is 0 Å². The van der Waals surface area contributed by atoms with Crippen molar-refractivity contribution < 1.29 is 4.92 Å². The van der Waals surface area contributed by atoms with Gasteiger partial charge in [-0.15, -0.1) is 0 Å². The van der Waals surface area contributed by atoms with Crippen molar-refractivity contribution in [2.75, 3.05) is 11.9 Å². The van der Waals surface area contributed by atoms with Crippen molar-refractivity contribution in [2.45, 2.75) is 27.2 Å². The second kappa shape index (κ2) is 5.49. The molecular formula is C12H17BrN2O2. The Kier molecular flexibility index (Phi) is 4.51. The molecule has 4 nitrogen and oxygen atoms in total. The van der Waals surface area contributed by atoms with Gasteiger partial charge in [0.15, 0.2) is 0 Å². The van der Waals surface area contributed by atoms with Gasteiger partial charge in [0.05, 0.1) is 4.92 Å². The lowest BCUT2D eigenvalue weighted by Gasteiger charge is -2.23. The van der Waals surface area contributed by atoms with Crippen LogP contribution >= 0.6 is 15.9 Å². The van der Waals surface area contributed by atoms with Crippen LogP contribution in [0.15, 0.2) is 22.7 Å². The second-order valence-corrected chi connectivity index (χ2v) is 5.71. The maximum Gasteiger partial charge on any atom is 0.293 e. The topological polar surface area (TPSA) is 55.2 Å². The molecule has 0 saturated heterocycles. The number of anilines is 1. The van der Waals surface area contributed by atoms with Gasteiger partial charge in [0.2, 0.25) is 0 Å². The summed E-state index contributed by atoms with van der Waals surface area (Å²) in [6.07, 6.45) is 1.02. The highest BCUT2D eigenvalue weighted by Crippen LogP contribution is 2.29. The summed E-state index contributed by atoms with van der Waals surface area (Å²) >= 11 is 3.24. The van der Waals surface area contributed by atoms with E-state index < -0.39 is 0 Å². The Labute approximate surface area is 110 Å². The molecule has 0 radical (unpaired) electrons. The lowest BCUT2D eigenvalue weighted by atomic mass is 9.90. The molecule has 0 unspecified atom stereocenters. The maximum atomic E-state index is 10.9. The quantitative estimate of drug-likeness (QED) is 0.655. The lowest BCUT2D eigenvalue weighted by molar-refractivity contribution is -0.384. The van der Waals surface area contributed by atoms with E-state index in [2.05, 4.69) is 42.0 Å². The molecule has 0 fully saturated rings. The zero-order chi connectivity index (χ0) is 13.1. The predicted molar refractivity (Wildman–Crippen MR) is 73.4 cm³/mol. The zero-order valence-corrected chi connectivity index (χ0v) is 11.9. The van der Waals surface area contributed by atoms with E-state index >= 15 is 0 Å². The first-order chi connectivity index (χ1) is 7.85. The summed E-state index contributed by atoms with van der Waals surface area (Å²) in [6, 6.07) is 5.05. The van der Waals surface area contributed by atoms with Crippen LogP contribution in [0, 0.1) is 15.5 Å². The van der Waals surface area contributed by atoms with Crippen molar-refractivity contribution in [3.8, 4) is 0 Å². The van der Waals surface area contributed by atoms with Gasteiger partial charge in [0, 0.05) is 17.1 Å². The van der Waals surface area contributed by atoms with Crippen molar-refractivity contribution in [3.05, 3.63) is 32.8 Å². The predicted octanol–water partition coefficient (Wildman–Crippen LogP) is 4.21. The summed E-state index contributed by atoms with van der Waals surface area (Å²) < 4.78 is 0.713. The molecule has 5 heteroatoms. The van der Waals surface area contributed by atoms with Crippen LogP contribution in [-0.4, -0.2) is 11.5 Å². The third kappa shape index (κ3) is 4.00. The third-order valence-corrected chi connectivity index (χ3v) is 3.36. The Bertz CT molecular complexity index is 419. The molecule has 0 amide bonds. The van der Waals surface area contributed by atoms with E-state index in [1.165, 1.54) is 6.07 Å². The second-order valence-electron chi connectivity index (χ2n) is 4.79. The van der Waals surface area contributed by atoms with Crippen LogP contribution in [0.3, 0.4) is 0 Å². The summed E-state index contributed by atoms with van der Waals surface area (Å²) in [5, 5.41) is 14.1. The van der Waals surface area contributed by atoms with E-state index in [1.807, 2.05) is 0 Å². The SMILES string of the molecule is CCC(C)(C)CNc1ccc(Br)cc1[N+](=O)[O-]. The first kappa shape index (κ1) is 14.0. The smallest absolute Gasteiger partial charge is 0.293 e. The molecule has 1 aromatic rings. The maximum absolute atomic E-state index is 10.9. The van der Waals surface area contributed by atoms with E-state index in [4.69, 9.17) is 0 Å². The van der Waals surface area contributed by atoms with Crippen LogP contribution in [0.4, 0.5) is 11.4 Å². The van der Waals surface area contributed by atoms with Crippen LogP contribution in [0.25, 0.3) is 0 Å². The molecule has 0 aliphatic heterocycles. The van der Waals surface area contributed by atoms with Gasteiger partial charge in [-0.1, -0.05) is 36.7 Å². The van der Waals surface area contributed by atoms with Crippen molar-refractivity contribution >= 4 is 27.3 Å². The first-order valence-electron chi connectivity index (χ1n) is 5.53. The molecule has 1 aromatic carbocycles. The Morgan fingerprint density at radius 2 is 2.12 bits per heavy atom. The van der Waals surface area contributed by atoms with E-state index in [9.17, 15) is 10.1 Å². The van der Waals surface area contributed by atoms with Gasteiger partial charge in [0.25, 0.3) is 5.69 Å². The number of rotatable bonds is 5. The van der Waals surface area contributed by atoms with Crippen molar-refractivity contribution in [3.63, 3.8) is 0 Å². The number of nitrogens with one attached hydrogen (secondary N) is 1. The Morgan fingerprint density at radius 3 is 2.65 bits per heavy atom. The monoisotopic (exact) mass is 300 g/mol. The molecule has 0 spiro atoms. The van der Waals surface area contributed by atoms with E-state index in [0.717, 1.165) is 6.42 Å². The standard InChI is InChI=1S/C12H17BrN2O2/c1-4-12(2,3)8-14-10-6-5-9(13)7-11(10)15(16)17/h5-7,14H,4,8H2,1-3H3. The van der Waals surface area contributed by atoms with Crippen LogP contribution in [0.1, 0.15) is 27.2 Å². The molecule has 1 rings (SSSR count). The minimum absolute atomic E-state index is 0.103. The van der Waals surface area contributed by atoms with Gasteiger partial charge in [-0.05, 0) is 24.0 Å². The first-order valence-corrected chi connectivity index (χ1v) is 6.33. The largest absolute Gasteiger partial charge is 0.379 e. The molecule has 0 heterocycles. The number of hydrogen-bond acceptors (Lipinski definition) is 3. The minimum atomic E-state index is -0.369. The Morgan fingerprint density at radius 1 is 1.47 bits per heavy atom. The minimum Gasteiger partial charge on any atom is -0.379 e. The van der Waals surface area contributed by atoms with E-state index in [1.54, 1.807) is 12.1 Å². The fraction of sp³-hybridized carbons (Fsp3) is 0.500. The summed E-state index contributed by atoms with van der Waals surface area (Å²) in [4.78, 5) is 10.5. The number of nitro groups is 1. The van der Waals surface area contributed by atoms with Gasteiger partial charge in [0.1, 0.15) is 5.69 Å². The van der Waals surface area contributed by atoms with Gasteiger partial charge in [-0.2, -0.15) is 0 Å².